The predicted molar refractivity (Wildman–Crippen MR) is 97.4 cm³/mol. The number of aliphatic hydroxyl groups excluding tert-OH is 1. The van der Waals surface area contributed by atoms with Crippen molar-refractivity contribution in [3.63, 3.8) is 0 Å². The fraction of sp³-hybridized carbons (Fsp3) is 0.0909. The average molecular weight is 346 g/mol. The Bertz CT molecular complexity index is 860. The van der Waals surface area contributed by atoms with Crippen molar-refractivity contribution in [2.45, 2.75) is 12.2 Å². The van der Waals surface area contributed by atoms with Crippen molar-refractivity contribution in [2.75, 3.05) is 0 Å². The van der Waals surface area contributed by atoms with Crippen LogP contribution in [0.15, 0.2) is 91.0 Å². The van der Waals surface area contributed by atoms with Gasteiger partial charge in [-0.2, -0.15) is 0 Å². The Hall–Kier alpha value is -3.24. The second kappa shape index (κ2) is 8.23. The van der Waals surface area contributed by atoms with Gasteiger partial charge in [0.05, 0.1) is 0 Å². The second-order valence-electron chi connectivity index (χ2n) is 5.77. The number of Topliss-reactive ketones (excluding diaryl/α,β-unsaturated/α-hetero) is 1. The van der Waals surface area contributed by atoms with Crippen LogP contribution in [0.4, 0.5) is 0 Å². The molecule has 0 aliphatic carbocycles. The summed E-state index contributed by atoms with van der Waals surface area (Å²) in [7, 11) is 0. The molecule has 0 saturated carbocycles. The summed E-state index contributed by atoms with van der Waals surface area (Å²) in [6, 6.07) is 25.9. The van der Waals surface area contributed by atoms with E-state index in [9.17, 15) is 14.7 Å². The van der Waals surface area contributed by atoms with Crippen LogP contribution in [0.5, 0.6) is 0 Å². The molecule has 0 aliphatic rings. The largest absolute Gasteiger partial charge is 0.447 e. The van der Waals surface area contributed by atoms with Gasteiger partial charge in [-0.05, 0) is 5.56 Å². The maximum Gasteiger partial charge on any atom is 0.340 e. The molecule has 4 heteroatoms. The number of rotatable bonds is 6. The maximum atomic E-state index is 12.9. The lowest BCUT2D eigenvalue weighted by molar-refractivity contribution is -0.157. The zero-order valence-corrected chi connectivity index (χ0v) is 14.0. The summed E-state index contributed by atoms with van der Waals surface area (Å²) in [4.78, 5) is 25.3. The molecule has 0 fully saturated rings. The molecule has 130 valence electrons. The van der Waals surface area contributed by atoms with E-state index >= 15 is 0 Å². The number of aliphatic hydroxyl groups is 1. The third kappa shape index (κ3) is 4.05. The van der Waals surface area contributed by atoms with Gasteiger partial charge in [-0.15, -0.1) is 0 Å². The summed E-state index contributed by atoms with van der Waals surface area (Å²) in [5, 5.41) is 10.3. The van der Waals surface area contributed by atoms with Gasteiger partial charge >= 0.3 is 5.97 Å². The molecule has 26 heavy (non-hydrogen) atoms. The van der Waals surface area contributed by atoms with Crippen LogP contribution in [0.3, 0.4) is 0 Å². The first kappa shape index (κ1) is 17.6. The van der Waals surface area contributed by atoms with E-state index in [2.05, 4.69) is 0 Å². The fourth-order valence-electron chi connectivity index (χ4n) is 2.61. The van der Waals surface area contributed by atoms with E-state index in [0.29, 0.717) is 16.7 Å². The Morgan fingerprint density at radius 2 is 1.15 bits per heavy atom. The molecule has 0 amide bonds. The molecular formula is C22H18O4. The van der Waals surface area contributed by atoms with Gasteiger partial charge in [-0.3, -0.25) is 4.79 Å². The molecule has 0 spiro atoms. The van der Waals surface area contributed by atoms with E-state index in [4.69, 9.17) is 4.74 Å². The molecule has 0 aromatic heterocycles. The van der Waals surface area contributed by atoms with Gasteiger partial charge in [0.1, 0.15) is 0 Å². The first-order valence-corrected chi connectivity index (χ1v) is 8.24. The van der Waals surface area contributed by atoms with Crippen LogP contribution in [0.25, 0.3) is 0 Å². The molecule has 0 radical (unpaired) electrons. The maximum absolute atomic E-state index is 12.9. The van der Waals surface area contributed by atoms with Gasteiger partial charge in [-0.1, -0.05) is 91.0 Å². The highest BCUT2D eigenvalue weighted by Gasteiger charge is 2.29. The van der Waals surface area contributed by atoms with Crippen LogP contribution in [0.1, 0.15) is 33.7 Å². The minimum atomic E-state index is -1.45. The minimum absolute atomic E-state index is 0.342. The van der Waals surface area contributed by atoms with Crippen LogP contribution in [-0.4, -0.2) is 16.9 Å². The van der Waals surface area contributed by atoms with Gasteiger partial charge in [-0.25, -0.2) is 4.79 Å². The standard InChI is InChI=1S/C22H18O4/c23-19(16-10-4-1-5-11-16)21(18-14-8-3-9-15-18)26-22(25)20(24)17-12-6-2-7-13-17/h1-15,20-21,24H. The van der Waals surface area contributed by atoms with E-state index < -0.39 is 18.2 Å². The van der Waals surface area contributed by atoms with Crippen LogP contribution in [0.2, 0.25) is 0 Å². The summed E-state index contributed by atoms with van der Waals surface area (Å²) in [5.41, 5.74) is 1.40. The SMILES string of the molecule is O=C(OC(C(=O)c1ccccc1)c1ccccc1)C(O)c1ccccc1. The monoisotopic (exact) mass is 346 g/mol. The topological polar surface area (TPSA) is 63.6 Å². The molecule has 0 heterocycles. The van der Waals surface area contributed by atoms with Crippen molar-refractivity contribution >= 4 is 11.8 Å². The second-order valence-corrected chi connectivity index (χ2v) is 5.77. The molecule has 3 aromatic carbocycles. The lowest BCUT2D eigenvalue weighted by Gasteiger charge is -2.19. The molecule has 0 aliphatic heterocycles. The minimum Gasteiger partial charge on any atom is -0.447 e. The van der Waals surface area contributed by atoms with Gasteiger partial charge < -0.3 is 9.84 Å². The van der Waals surface area contributed by atoms with Gasteiger partial charge in [0, 0.05) is 11.1 Å². The van der Waals surface area contributed by atoms with Crippen molar-refractivity contribution in [3.05, 3.63) is 108 Å². The molecule has 3 aromatic rings. The number of carbonyl (C=O) groups excluding carboxylic acids is 2. The molecule has 2 atom stereocenters. The number of hydrogen-bond donors (Lipinski definition) is 1. The van der Waals surface area contributed by atoms with Crippen molar-refractivity contribution in [1.82, 2.24) is 0 Å². The molecule has 4 nitrogen and oxygen atoms in total. The van der Waals surface area contributed by atoms with Crippen LogP contribution in [0, 0.1) is 0 Å². The lowest BCUT2D eigenvalue weighted by Crippen LogP contribution is -2.24. The molecule has 1 N–H and O–H groups in total. The first-order valence-electron chi connectivity index (χ1n) is 8.24. The quantitative estimate of drug-likeness (QED) is 0.543. The van der Waals surface area contributed by atoms with Crippen molar-refractivity contribution in [2.24, 2.45) is 0 Å². The van der Waals surface area contributed by atoms with E-state index in [1.54, 1.807) is 84.9 Å². The smallest absolute Gasteiger partial charge is 0.340 e. The first-order chi connectivity index (χ1) is 12.7. The molecular weight excluding hydrogens is 328 g/mol. The van der Waals surface area contributed by atoms with Crippen molar-refractivity contribution in [1.29, 1.82) is 0 Å². The molecule has 0 saturated heterocycles. The highest BCUT2D eigenvalue weighted by Crippen LogP contribution is 2.25. The summed E-state index contributed by atoms with van der Waals surface area (Å²) in [6.07, 6.45) is -2.57. The zero-order valence-electron chi connectivity index (χ0n) is 14.0. The van der Waals surface area contributed by atoms with Gasteiger partial charge in [0.2, 0.25) is 5.78 Å². The number of ketones is 1. The average Bonchev–Trinajstić information content (AvgIpc) is 2.72. The summed E-state index contributed by atoms with van der Waals surface area (Å²) in [6.45, 7) is 0. The Morgan fingerprint density at radius 1 is 0.692 bits per heavy atom. The van der Waals surface area contributed by atoms with E-state index in [-0.39, 0.29) is 5.78 Å². The highest BCUT2D eigenvalue weighted by atomic mass is 16.6. The number of benzene rings is 3. The fourth-order valence-corrected chi connectivity index (χ4v) is 2.61. The number of ether oxygens (including phenoxy) is 1. The Morgan fingerprint density at radius 3 is 1.69 bits per heavy atom. The van der Waals surface area contributed by atoms with Crippen molar-refractivity contribution < 1.29 is 19.4 Å². The summed E-state index contributed by atoms with van der Waals surface area (Å²) >= 11 is 0. The Labute approximate surface area is 151 Å². The van der Waals surface area contributed by atoms with Gasteiger partial charge in [0.25, 0.3) is 0 Å². The van der Waals surface area contributed by atoms with Crippen LogP contribution < -0.4 is 0 Å². The van der Waals surface area contributed by atoms with Gasteiger partial charge in [0.15, 0.2) is 12.2 Å². The third-order valence-electron chi connectivity index (χ3n) is 3.97. The highest BCUT2D eigenvalue weighted by molar-refractivity contribution is 6.01. The molecule has 2 unspecified atom stereocenters. The Balaban J connectivity index is 1.87. The summed E-state index contributed by atoms with van der Waals surface area (Å²) < 4.78 is 5.43. The predicted octanol–water partition coefficient (Wildman–Crippen LogP) is 3.89. The number of esters is 1. The Kier molecular flexibility index (Phi) is 5.56. The third-order valence-corrected chi connectivity index (χ3v) is 3.97. The van der Waals surface area contributed by atoms with Crippen LogP contribution >= 0.6 is 0 Å². The lowest BCUT2D eigenvalue weighted by atomic mass is 9.99. The normalized spacial score (nSPS) is 12.8. The zero-order chi connectivity index (χ0) is 18.4. The van der Waals surface area contributed by atoms with E-state index in [1.165, 1.54) is 0 Å². The van der Waals surface area contributed by atoms with E-state index in [0.717, 1.165) is 0 Å². The van der Waals surface area contributed by atoms with Crippen LogP contribution in [-0.2, 0) is 9.53 Å². The molecule has 3 rings (SSSR count). The number of hydrogen-bond acceptors (Lipinski definition) is 4. The molecule has 0 bridgehead atoms. The van der Waals surface area contributed by atoms with E-state index in [1.807, 2.05) is 6.07 Å². The van der Waals surface area contributed by atoms with Crippen molar-refractivity contribution in [3.8, 4) is 0 Å². The number of carbonyl (C=O) groups is 2. The summed E-state index contributed by atoms with van der Waals surface area (Å²) in [5.74, 6) is -1.21.